The van der Waals surface area contributed by atoms with E-state index in [2.05, 4.69) is 31.9 Å². The smallest absolute Gasteiger partial charge is 0.237 e. The van der Waals surface area contributed by atoms with Gasteiger partial charge in [-0.2, -0.15) is 0 Å². The van der Waals surface area contributed by atoms with Crippen molar-refractivity contribution in [2.75, 3.05) is 19.6 Å². The van der Waals surface area contributed by atoms with Crippen LogP contribution >= 0.6 is 0 Å². The van der Waals surface area contributed by atoms with Gasteiger partial charge in [-0.25, -0.2) is 0 Å². The van der Waals surface area contributed by atoms with E-state index in [9.17, 15) is 4.79 Å². The lowest BCUT2D eigenvalue weighted by Gasteiger charge is -2.33. The van der Waals surface area contributed by atoms with Crippen LogP contribution in [0, 0.1) is 0 Å². The highest BCUT2D eigenvalue weighted by Crippen LogP contribution is 2.17. The van der Waals surface area contributed by atoms with E-state index in [-0.39, 0.29) is 11.9 Å². The Morgan fingerprint density at radius 1 is 1.17 bits per heavy atom. The van der Waals surface area contributed by atoms with Crippen LogP contribution in [0.4, 0.5) is 0 Å². The van der Waals surface area contributed by atoms with Crippen molar-refractivity contribution in [3.8, 4) is 0 Å². The molecule has 1 saturated heterocycles. The predicted molar refractivity (Wildman–Crippen MR) is 89.2 cm³/mol. The normalized spacial score (nSPS) is 22.4. The van der Waals surface area contributed by atoms with Gasteiger partial charge in [-0.15, -0.1) is 10.2 Å². The van der Waals surface area contributed by atoms with Crippen LogP contribution in [-0.4, -0.2) is 51.2 Å². The summed E-state index contributed by atoms with van der Waals surface area (Å²) in [5.74, 6) is 2.33. The summed E-state index contributed by atoms with van der Waals surface area (Å²) in [5, 5.41) is 11.8. The number of piperidine rings is 1. The zero-order chi connectivity index (χ0) is 16.1. The fourth-order valence-electron chi connectivity index (χ4n) is 3.81. The molecule has 0 saturated carbocycles. The van der Waals surface area contributed by atoms with Gasteiger partial charge >= 0.3 is 0 Å². The minimum absolute atomic E-state index is 0.0595. The predicted octanol–water partition coefficient (Wildman–Crippen LogP) is 1.54. The van der Waals surface area contributed by atoms with Crippen LogP contribution < -0.4 is 5.32 Å². The van der Waals surface area contributed by atoms with E-state index in [0.29, 0.717) is 6.54 Å². The SMILES string of the molecule is CCN1CCCC[C@H]1C(=O)NCCc1nnc2n1CCCCC2. The first kappa shape index (κ1) is 16.4. The highest BCUT2D eigenvalue weighted by atomic mass is 16.2. The van der Waals surface area contributed by atoms with Gasteiger partial charge in [0.2, 0.25) is 5.91 Å². The second kappa shape index (κ2) is 7.90. The molecule has 0 unspecified atom stereocenters. The molecule has 1 aromatic rings. The number of aromatic nitrogens is 3. The van der Waals surface area contributed by atoms with Gasteiger partial charge in [-0.05, 0) is 38.8 Å². The summed E-state index contributed by atoms with van der Waals surface area (Å²) < 4.78 is 2.26. The molecule has 1 atom stereocenters. The summed E-state index contributed by atoms with van der Waals surface area (Å²) in [7, 11) is 0. The Labute approximate surface area is 138 Å². The van der Waals surface area contributed by atoms with Gasteiger partial charge in [0.05, 0.1) is 6.04 Å². The Morgan fingerprint density at radius 3 is 2.91 bits per heavy atom. The standard InChI is InChI=1S/C17H29N5O/c1-2-21-12-7-5-8-14(21)17(23)18-11-10-16-20-19-15-9-4-3-6-13-22(15)16/h14H,2-13H2,1H3,(H,18,23)/t14-/m0/s1. The Balaban J connectivity index is 1.51. The lowest BCUT2D eigenvalue weighted by molar-refractivity contribution is -0.127. The van der Waals surface area contributed by atoms with Crippen LogP contribution in [0.5, 0.6) is 0 Å². The fourth-order valence-corrected chi connectivity index (χ4v) is 3.81. The van der Waals surface area contributed by atoms with Gasteiger partial charge in [-0.1, -0.05) is 19.8 Å². The number of fused-ring (bicyclic) bond motifs is 1. The van der Waals surface area contributed by atoms with Crippen molar-refractivity contribution in [3.05, 3.63) is 11.6 Å². The van der Waals surface area contributed by atoms with Gasteiger partial charge < -0.3 is 9.88 Å². The minimum Gasteiger partial charge on any atom is -0.354 e. The van der Waals surface area contributed by atoms with E-state index in [1.54, 1.807) is 0 Å². The van der Waals surface area contributed by atoms with Crippen molar-refractivity contribution in [2.45, 2.75) is 70.9 Å². The monoisotopic (exact) mass is 319 g/mol. The summed E-state index contributed by atoms with van der Waals surface area (Å²) in [6.45, 7) is 5.82. The number of likely N-dealkylation sites (tertiary alicyclic amines) is 1. The molecular formula is C17H29N5O. The van der Waals surface area contributed by atoms with Crippen molar-refractivity contribution in [3.63, 3.8) is 0 Å². The highest BCUT2D eigenvalue weighted by molar-refractivity contribution is 5.81. The number of hydrogen-bond acceptors (Lipinski definition) is 4. The molecule has 0 spiro atoms. The third-order valence-corrected chi connectivity index (χ3v) is 5.16. The van der Waals surface area contributed by atoms with Crippen LogP contribution in [-0.2, 0) is 24.2 Å². The van der Waals surface area contributed by atoms with Crippen molar-refractivity contribution >= 4 is 5.91 Å². The molecule has 0 bridgehead atoms. The molecule has 2 aliphatic heterocycles. The maximum atomic E-state index is 12.4. The fraction of sp³-hybridized carbons (Fsp3) is 0.824. The van der Waals surface area contributed by atoms with Gasteiger partial charge in [0.15, 0.2) is 0 Å². The molecule has 128 valence electrons. The first-order chi connectivity index (χ1) is 11.3. The molecular weight excluding hydrogens is 290 g/mol. The number of rotatable bonds is 5. The van der Waals surface area contributed by atoms with Crippen molar-refractivity contribution in [1.29, 1.82) is 0 Å². The van der Waals surface area contributed by atoms with Gasteiger partial charge in [0.1, 0.15) is 11.6 Å². The molecule has 3 rings (SSSR count). The Morgan fingerprint density at radius 2 is 2.04 bits per heavy atom. The second-order valence-electron chi connectivity index (χ2n) is 6.68. The summed E-state index contributed by atoms with van der Waals surface area (Å²) in [5.41, 5.74) is 0. The summed E-state index contributed by atoms with van der Waals surface area (Å²) in [6, 6.07) is 0.0595. The van der Waals surface area contributed by atoms with Gasteiger partial charge in [-0.3, -0.25) is 9.69 Å². The topological polar surface area (TPSA) is 63.1 Å². The van der Waals surface area contributed by atoms with Crippen LogP contribution in [0.15, 0.2) is 0 Å². The maximum Gasteiger partial charge on any atom is 0.237 e. The second-order valence-corrected chi connectivity index (χ2v) is 6.68. The molecule has 23 heavy (non-hydrogen) atoms. The third-order valence-electron chi connectivity index (χ3n) is 5.16. The molecule has 6 nitrogen and oxygen atoms in total. The number of amides is 1. The molecule has 0 radical (unpaired) electrons. The van der Waals surface area contributed by atoms with Gasteiger partial charge in [0, 0.05) is 25.9 Å². The summed E-state index contributed by atoms with van der Waals surface area (Å²) >= 11 is 0. The molecule has 1 amide bonds. The van der Waals surface area contributed by atoms with Crippen LogP contribution in [0.25, 0.3) is 0 Å². The lowest BCUT2D eigenvalue weighted by Crippen LogP contribution is -2.49. The number of hydrogen-bond donors (Lipinski definition) is 1. The number of nitrogens with zero attached hydrogens (tertiary/aromatic N) is 4. The highest BCUT2D eigenvalue weighted by Gasteiger charge is 2.27. The number of carbonyl (C=O) groups excluding carboxylic acids is 1. The molecule has 1 fully saturated rings. The summed E-state index contributed by atoms with van der Waals surface area (Å²) in [6.07, 6.45) is 8.86. The number of carbonyl (C=O) groups is 1. The van der Waals surface area contributed by atoms with E-state index < -0.39 is 0 Å². The number of likely N-dealkylation sites (N-methyl/N-ethyl adjacent to an activating group) is 1. The number of nitrogens with one attached hydrogen (secondary N) is 1. The van der Waals surface area contributed by atoms with E-state index in [4.69, 9.17) is 0 Å². The summed E-state index contributed by atoms with van der Waals surface area (Å²) in [4.78, 5) is 14.7. The van der Waals surface area contributed by atoms with Crippen LogP contribution in [0.2, 0.25) is 0 Å². The Hall–Kier alpha value is -1.43. The van der Waals surface area contributed by atoms with Gasteiger partial charge in [0.25, 0.3) is 0 Å². The third kappa shape index (κ3) is 3.91. The first-order valence-electron chi connectivity index (χ1n) is 9.22. The average molecular weight is 319 g/mol. The molecule has 3 heterocycles. The molecule has 6 heteroatoms. The Bertz CT molecular complexity index is 527. The molecule has 2 aliphatic rings. The van der Waals surface area contributed by atoms with E-state index in [1.807, 2.05) is 0 Å². The molecule has 1 aromatic heterocycles. The minimum atomic E-state index is 0.0595. The molecule has 0 aromatic carbocycles. The quantitative estimate of drug-likeness (QED) is 0.894. The van der Waals surface area contributed by atoms with Crippen LogP contribution in [0.3, 0.4) is 0 Å². The first-order valence-corrected chi connectivity index (χ1v) is 9.22. The maximum absolute atomic E-state index is 12.4. The molecule has 1 N–H and O–H groups in total. The Kier molecular flexibility index (Phi) is 5.65. The average Bonchev–Trinajstić information content (AvgIpc) is 2.81. The van der Waals surface area contributed by atoms with E-state index in [0.717, 1.165) is 57.0 Å². The van der Waals surface area contributed by atoms with Crippen LogP contribution in [0.1, 0.15) is 57.1 Å². The van der Waals surface area contributed by atoms with Crippen molar-refractivity contribution < 1.29 is 4.79 Å². The van der Waals surface area contributed by atoms with Crippen molar-refractivity contribution in [1.82, 2.24) is 25.0 Å². The van der Waals surface area contributed by atoms with E-state index in [1.165, 1.54) is 25.7 Å². The molecule has 0 aliphatic carbocycles. The zero-order valence-corrected chi connectivity index (χ0v) is 14.3. The lowest BCUT2D eigenvalue weighted by atomic mass is 10.0. The van der Waals surface area contributed by atoms with Crippen molar-refractivity contribution in [2.24, 2.45) is 0 Å². The number of aryl methyl sites for hydroxylation is 1. The largest absolute Gasteiger partial charge is 0.354 e. The zero-order valence-electron chi connectivity index (χ0n) is 14.3. The van der Waals surface area contributed by atoms with E-state index >= 15 is 0 Å².